The fourth-order valence-corrected chi connectivity index (χ4v) is 3.44. The Kier molecular flexibility index (Phi) is 7.51. The summed E-state index contributed by atoms with van der Waals surface area (Å²) < 4.78 is 0. The molecular formula is C29H27N. The van der Waals surface area contributed by atoms with Gasteiger partial charge in [-0.05, 0) is 53.8 Å². The molecule has 0 amide bonds. The van der Waals surface area contributed by atoms with E-state index in [4.69, 9.17) is 4.99 Å². The summed E-state index contributed by atoms with van der Waals surface area (Å²) in [4.78, 5) is 4.83. The van der Waals surface area contributed by atoms with Gasteiger partial charge in [-0.2, -0.15) is 0 Å². The van der Waals surface area contributed by atoms with E-state index in [1.807, 2.05) is 62.6 Å². The van der Waals surface area contributed by atoms with Gasteiger partial charge in [0.1, 0.15) is 0 Å². The highest BCUT2D eigenvalue weighted by Crippen LogP contribution is 2.37. The topological polar surface area (TPSA) is 12.4 Å². The Morgan fingerprint density at radius 2 is 1.53 bits per heavy atom. The van der Waals surface area contributed by atoms with E-state index < -0.39 is 0 Å². The van der Waals surface area contributed by atoms with E-state index in [2.05, 4.69) is 73.3 Å². The zero-order chi connectivity index (χ0) is 21.2. The average molecular weight is 390 g/mol. The van der Waals surface area contributed by atoms with Crippen molar-refractivity contribution in [2.24, 2.45) is 4.99 Å². The molecule has 0 aliphatic rings. The van der Waals surface area contributed by atoms with Crippen molar-refractivity contribution in [1.82, 2.24) is 0 Å². The lowest BCUT2D eigenvalue weighted by Gasteiger charge is -2.13. The average Bonchev–Trinajstić information content (AvgIpc) is 2.80. The number of hydrogen-bond acceptors (Lipinski definition) is 1. The van der Waals surface area contributed by atoms with Crippen molar-refractivity contribution < 1.29 is 0 Å². The van der Waals surface area contributed by atoms with E-state index >= 15 is 0 Å². The summed E-state index contributed by atoms with van der Waals surface area (Å²) in [6.07, 6.45) is 14.2. The van der Waals surface area contributed by atoms with Gasteiger partial charge in [0.05, 0.1) is 5.69 Å². The molecule has 3 rings (SSSR count). The van der Waals surface area contributed by atoms with Crippen molar-refractivity contribution in [3.05, 3.63) is 120 Å². The second kappa shape index (κ2) is 10.7. The molecule has 0 radical (unpaired) electrons. The second-order valence-electron chi connectivity index (χ2n) is 6.80. The molecule has 1 heteroatoms. The Bertz CT molecular complexity index is 1100. The minimum atomic E-state index is 0.925. The number of allylic oxidation sites excluding steroid dienone is 5. The van der Waals surface area contributed by atoms with Crippen molar-refractivity contribution in [2.45, 2.75) is 13.8 Å². The Hall–Kier alpha value is -3.71. The molecule has 0 saturated heterocycles. The first kappa shape index (κ1) is 21.0. The molecule has 0 saturated carbocycles. The summed E-state index contributed by atoms with van der Waals surface area (Å²) in [7, 11) is 0. The van der Waals surface area contributed by atoms with Crippen LogP contribution in [-0.4, -0.2) is 6.21 Å². The molecule has 0 unspecified atom stereocenters. The van der Waals surface area contributed by atoms with Crippen molar-refractivity contribution in [3.63, 3.8) is 0 Å². The van der Waals surface area contributed by atoms with Gasteiger partial charge in [-0.25, -0.2) is 0 Å². The fourth-order valence-electron chi connectivity index (χ4n) is 3.44. The van der Waals surface area contributed by atoms with Gasteiger partial charge in [0.25, 0.3) is 0 Å². The summed E-state index contributed by atoms with van der Waals surface area (Å²) in [5.41, 5.74) is 7.67. The molecular weight excluding hydrogens is 362 g/mol. The minimum absolute atomic E-state index is 0.925. The number of rotatable bonds is 7. The maximum Gasteiger partial charge on any atom is 0.0714 e. The van der Waals surface area contributed by atoms with Gasteiger partial charge in [-0.15, -0.1) is 0 Å². The molecule has 0 spiro atoms. The lowest BCUT2D eigenvalue weighted by Crippen LogP contribution is -1.89. The molecule has 0 heterocycles. The Labute approximate surface area is 180 Å². The Morgan fingerprint density at radius 1 is 0.833 bits per heavy atom. The normalized spacial score (nSPS) is 12.3. The molecule has 0 fully saturated rings. The molecule has 0 N–H and O–H groups in total. The van der Waals surface area contributed by atoms with Crippen LogP contribution >= 0.6 is 0 Å². The van der Waals surface area contributed by atoms with Gasteiger partial charge in [-0.1, -0.05) is 104 Å². The molecule has 1 nitrogen and oxygen atoms in total. The van der Waals surface area contributed by atoms with Crippen LogP contribution in [0.5, 0.6) is 0 Å². The summed E-state index contributed by atoms with van der Waals surface area (Å²) in [5, 5.41) is 0. The predicted molar refractivity (Wildman–Crippen MR) is 134 cm³/mol. The quantitative estimate of drug-likeness (QED) is 0.284. The number of benzene rings is 3. The summed E-state index contributed by atoms with van der Waals surface area (Å²) in [6.45, 7) is 8.12. The van der Waals surface area contributed by atoms with Crippen LogP contribution in [0.15, 0.2) is 109 Å². The highest BCUT2D eigenvalue weighted by molar-refractivity contribution is 5.93. The van der Waals surface area contributed by atoms with Gasteiger partial charge in [0.15, 0.2) is 0 Å². The zero-order valence-electron chi connectivity index (χ0n) is 17.6. The van der Waals surface area contributed by atoms with Gasteiger partial charge in [0, 0.05) is 11.8 Å². The van der Waals surface area contributed by atoms with Gasteiger partial charge in [-0.3, -0.25) is 4.99 Å². The van der Waals surface area contributed by atoms with Crippen LogP contribution in [0, 0.1) is 0 Å². The van der Waals surface area contributed by atoms with E-state index in [-0.39, 0.29) is 0 Å². The van der Waals surface area contributed by atoms with Crippen molar-refractivity contribution in [2.75, 3.05) is 0 Å². The smallest absolute Gasteiger partial charge is 0.0714 e. The first-order chi connectivity index (χ1) is 14.8. The van der Waals surface area contributed by atoms with Gasteiger partial charge >= 0.3 is 0 Å². The largest absolute Gasteiger partial charge is 0.256 e. The van der Waals surface area contributed by atoms with Crippen LogP contribution in [0.1, 0.15) is 30.5 Å². The van der Waals surface area contributed by atoms with Crippen molar-refractivity contribution >= 4 is 29.6 Å². The monoisotopic (exact) mass is 389 g/mol. The summed E-state index contributed by atoms with van der Waals surface area (Å²) >= 11 is 0. The van der Waals surface area contributed by atoms with Crippen LogP contribution in [0.25, 0.3) is 28.9 Å². The Morgan fingerprint density at radius 3 is 2.17 bits per heavy atom. The number of hydrogen-bond donors (Lipinski definition) is 0. The van der Waals surface area contributed by atoms with Crippen molar-refractivity contribution in [1.29, 1.82) is 0 Å². The first-order valence-corrected chi connectivity index (χ1v) is 10.2. The SMILES string of the molecule is C=Cc1c(/C=C\C)ccc(N=C/C=C(\C=C/C)c2ccccc2)c1-c1ccccc1. The van der Waals surface area contributed by atoms with Crippen molar-refractivity contribution in [3.8, 4) is 11.1 Å². The summed E-state index contributed by atoms with van der Waals surface area (Å²) in [5.74, 6) is 0. The van der Waals surface area contributed by atoms with Crippen LogP contribution in [0.3, 0.4) is 0 Å². The maximum atomic E-state index is 4.83. The van der Waals surface area contributed by atoms with Crippen LogP contribution in [-0.2, 0) is 0 Å². The summed E-state index contributed by atoms with van der Waals surface area (Å²) in [6, 6.07) is 24.9. The third kappa shape index (κ3) is 5.01. The molecule has 0 aliphatic heterocycles. The standard InChI is InChI=1S/C29H27N/c1-4-13-23(24-15-9-7-10-16-24)21-22-30-28-20-19-25(14-5-2)27(6-3)29(28)26-17-11-8-12-18-26/h4-22H,3H2,1-2H3/b13-4-,14-5-,23-21+,30-22?. The van der Waals surface area contributed by atoms with E-state index in [9.17, 15) is 0 Å². The molecule has 0 bridgehead atoms. The fraction of sp³-hybridized carbons (Fsp3) is 0.0690. The molecule has 30 heavy (non-hydrogen) atoms. The third-order valence-corrected chi connectivity index (χ3v) is 4.79. The highest BCUT2D eigenvalue weighted by atomic mass is 14.7. The highest BCUT2D eigenvalue weighted by Gasteiger charge is 2.11. The number of aliphatic imine (C=N–C) groups is 1. The lowest BCUT2D eigenvalue weighted by atomic mass is 9.93. The minimum Gasteiger partial charge on any atom is -0.256 e. The molecule has 0 atom stereocenters. The molecule has 148 valence electrons. The number of nitrogens with zero attached hydrogens (tertiary/aromatic N) is 1. The molecule has 3 aromatic carbocycles. The predicted octanol–water partition coefficient (Wildman–Crippen LogP) is 8.39. The third-order valence-electron chi connectivity index (χ3n) is 4.79. The molecule has 0 aliphatic carbocycles. The zero-order valence-corrected chi connectivity index (χ0v) is 17.6. The van der Waals surface area contributed by atoms with E-state index in [1.165, 1.54) is 5.56 Å². The van der Waals surface area contributed by atoms with E-state index in [0.717, 1.165) is 33.5 Å². The van der Waals surface area contributed by atoms with E-state index in [0.29, 0.717) is 0 Å². The lowest BCUT2D eigenvalue weighted by molar-refractivity contribution is 1.49. The van der Waals surface area contributed by atoms with Crippen LogP contribution in [0.4, 0.5) is 5.69 Å². The van der Waals surface area contributed by atoms with Gasteiger partial charge in [0.2, 0.25) is 0 Å². The first-order valence-electron chi connectivity index (χ1n) is 10.2. The molecule has 3 aromatic rings. The van der Waals surface area contributed by atoms with Crippen LogP contribution in [0.2, 0.25) is 0 Å². The van der Waals surface area contributed by atoms with Gasteiger partial charge < -0.3 is 0 Å². The van der Waals surface area contributed by atoms with E-state index in [1.54, 1.807) is 0 Å². The molecule has 0 aromatic heterocycles. The maximum absolute atomic E-state index is 4.83. The van der Waals surface area contributed by atoms with Crippen LogP contribution < -0.4 is 0 Å². The second-order valence-corrected chi connectivity index (χ2v) is 6.80. The Balaban J connectivity index is 2.10.